The average Bonchev–Trinajstić information content (AvgIpc) is 3.59. The minimum Gasteiger partial charge on any atom is -0.326 e. The van der Waals surface area contributed by atoms with Crippen LogP contribution in [0.5, 0.6) is 0 Å². The first kappa shape index (κ1) is 24.4. The third kappa shape index (κ3) is 6.63. The van der Waals surface area contributed by atoms with Crippen molar-refractivity contribution < 1.29 is 4.79 Å². The van der Waals surface area contributed by atoms with Crippen molar-refractivity contribution in [2.75, 3.05) is 11.1 Å². The van der Waals surface area contributed by atoms with E-state index in [9.17, 15) is 4.79 Å². The number of carbonyl (C=O) groups excluding carboxylic acids is 1. The lowest BCUT2D eigenvalue weighted by Gasteiger charge is -2.16. The third-order valence-electron chi connectivity index (χ3n) is 5.20. The van der Waals surface area contributed by atoms with Crippen LogP contribution in [0.3, 0.4) is 0 Å². The first-order chi connectivity index (χ1) is 15.6. The molecule has 0 radical (unpaired) electrons. The van der Waals surface area contributed by atoms with Crippen LogP contribution in [-0.2, 0) is 16.0 Å². The van der Waals surface area contributed by atoms with Crippen LogP contribution >= 0.6 is 23.5 Å². The Morgan fingerprint density at radius 2 is 1.62 bits per heavy atom. The second kappa shape index (κ2) is 11.6. The molecule has 1 fully saturated rings. The zero-order valence-electron chi connectivity index (χ0n) is 19.4. The number of nitrogens with one attached hydrogen (secondary N) is 1. The molecular formula is C27H32N2OS2. The predicted molar refractivity (Wildman–Crippen MR) is 139 cm³/mol. The zero-order valence-corrected chi connectivity index (χ0v) is 21.0. The van der Waals surface area contributed by atoms with E-state index in [0.29, 0.717) is 6.42 Å². The number of carbonyl (C=O) groups is 1. The molecule has 1 aliphatic carbocycles. The van der Waals surface area contributed by atoms with Gasteiger partial charge in [0.2, 0.25) is 5.91 Å². The molecular weight excluding hydrogens is 432 g/mol. The largest absolute Gasteiger partial charge is 0.326 e. The summed E-state index contributed by atoms with van der Waals surface area (Å²) in [6.07, 6.45) is 4.69. The number of amides is 1. The fourth-order valence-corrected chi connectivity index (χ4v) is 5.34. The summed E-state index contributed by atoms with van der Waals surface area (Å²) in [5.41, 5.74) is 4.24. The van der Waals surface area contributed by atoms with Crippen molar-refractivity contribution in [3.05, 3.63) is 83.7 Å². The number of aromatic nitrogens is 1. The highest BCUT2D eigenvalue weighted by molar-refractivity contribution is 8.00. The van der Waals surface area contributed by atoms with E-state index in [0.717, 1.165) is 22.7 Å². The summed E-state index contributed by atoms with van der Waals surface area (Å²) >= 11 is 3.70. The Labute approximate surface area is 200 Å². The normalized spacial score (nSPS) is 13.6. The monoisotopic (exact) mass is 464 g/mol. The Balaban J connectivity index is 0.00000141. The number of nitrogens with zero attached hydrogens (tertiary/aromatic N) is 1. The molecule has 0 bridgehead atoms. The highest BCUT2D eigenvalue weighted by Gasteiger charge is 2.45. The number of hydrogen-bond acceptors (Lipinski definition) is 4. The number of benzene rings is 2. The van der Waals surface area contributed by atoms with Crippen LogP contribution in [0.4, 0.5) is 5.69 Å². The van der Waals surface area contributed by atoms with E-state index in [-0.39, 0.29) is 10.7 Å². The second-order valence-electron chi connectivity index (χ2n) is 7.61. The maximum Gasteiger partial charge on any atom is 0.228 e. The topological polar surface area (TPSA) is 42.0 Å². The molecule has 0 spiro atoms. The minimum atomic E-state index is 0.0138. The Bertz CT molecular complexity index is 995. The van der Waals surface area contributed by atoms with Gasteiger partial charge in [0, 0.05) is 32.1 Å². The Hall–Kier alpha value is -2.24. The summed E-state index contributed by atoms with van der Waals surface area (Å²) in [6.45, 7) is 8.15. The van der Waals surface area contributed by atoms with E-state index < -0.39 is 0 Å². The Morgan fingerprint density at radius 1 is 0.969 bits per heavy atom. The summed E-state index contributed by atoms with van der Waals surface area (Å²) < 4.78 is 0.151. The minimum absolute atomic E-state index is 0.0138. The van der Waals surface area contributed by atoms with E-state index in [1.54, 1.807) is 0 Å². The first-order valence-corrected chi connectivity index (χ1v) is 13.1. The summed E-state index contributed by atoms with van der Waals surface area (Å²) in [7, 11) is 0. The molecule has 1 amide bonds. The zero-order chi connectivity index (χ0) is 23.0. The van der Waals surface area contributed by atoms with Crippen LogP contribution in [0.1, 0.15) is 50.4 Å². The number of rotatable bonds is 8. The van der Waals surface area contributed by atoms with Crippen molar-refractivity contribution in [1.82, 2.24) is 4.98 Å². The van der Waals surface area contributed by atoms with Gasteiger partial charge in [0.15, 0.2) is 0 Å². The van der Waals surface area contributed by atoms with E-state index in [2.05, 4.69) is 53.6 Å². The van der Waals surface area contributed by atoms with Crippen molar-refractivity contribution in [1.29, 1.82) is 0 Å². The molecule has 5 heteroatoms. The van der Waals surface area contributed by atoms with Crippen LogP contribution < -0.4 is 5.32 Å². The van der Waals surface area contributed by atoms with Crippen LogP contribution in [0.2, 0.25) is 0 Å². The summed E-state index contributed by atoms with van der Waals surface area (Å²) in [5, 5.41) is 3.02. The lowest BCUT2D eigenvalue weighted by atomic mass is 10.1. The number of aryl methyl sites for hydroxylation is 1. The van der Waals surface area contributed by atoms with Crippen molar-refractivity contribution >= 4 is 35.1 Å². The number of hydrogen-bond donors (Lipinski definition) is 1. The van der Waals surface area contributed by atoms with Gasteiger partial charge in [0.25, 0.3) is 0 Å². The van der Waals surface area contributed by atoms with Crippen molar-refractivity contribution in [3.8, 4) is 0 Å². The third-order valence-corrected chi connectivity index (χ3v) is 7.60. The molecule has 0 saturated heterocycles. The van der Waals surface area contributed by atoms with Gasteiger partial charge in [0.1, 0.15) is 0 Å². The van der Waals surface area contributed by atoms with Crippen molar-refractivity contribution in [2.24, 2.45) is 0 Å². The van der Waals surface area contributed by atoms with Gasteiger partial charge in [-0.15, -0.1) is 23.5 Å². The van der Waals surface area contributed by atoms with Gasteiger partial charge in [0.05, 0.1) is 6.42 Å². The molecule has 3 aromatic rings. The molecule has 1 saturated carbocycles. The number of anilines is 1. The fraction of sp³-hybridized carbons (Fsp3) is 0.333. The summed E-state index contributed by atoms with van der Waals surface area (Å²) in [4.78, 5) is 19.3. The van der Waals surface area contributed by atoms with Crippen molar-refractivity contribution in [3.63, 3.8) is 0 Å². The first-order valence-electron chi connectivity index (χ1n) is 11.3. The lowest BCUT2D eigenvalue weighted by molar-refractivity contribution is -0.115. The summed E-state index contributed by atoms with van der Waals surface area (Å²) in [6, 6.07) is 20.8. The Kier molecular flexibility index (Phi) is 8.83. The van der Waals surface area contributed by atoms with Gasteiger partial charge >= 0.3 is 0 Å². The van der Waals surface area contributed by atoms with Crippen LogP contribution in [0, 0.1) is 6.92 Å². The molecule has 1 aromatic heterocycles. The molecule has 4 rings (SSSR count). The molecule has 3 nitrogen and oxygen atoms in total. The average molecular weight is 465 g/mol. The molecule has 0 unspecified atom stereocenters. The van der Waals surface area contributed by atoms with Crippen LogP contribution in [-0.4, -0.2) is 16.6 Å². The molecule has 1 heterocycles. The molecule has 0 atom stereocenters. The standard InChI is InChI=1S/C25H26N2OS2.C2H6/c1-3-29-22-12-5-19(6-13-22)16-24(28)27-21-9-7-20(8-10-21)25(14-15-25)30-23-11-4-18(2)26-17-23;1-2/h4-13,17H,3,14-16H2,1-2H3,(H,27,28);1-2H3. The van der Waals surface area contributed by atoms with Gasteiger partial charge in [-0.2, -0.15) is 0 Å². The fourth-order valence-electron chi connectivity index (χ4n) is 3.42. The maximum absolute atomic E-state index is 12.4. The molecule has 168 valence electrons. The highest BCUT2D eigenvalue weighted by atomic mass is 32.2. The van der Waals surface area contributed by atoms with Gasteiger partial charge in [-0.3, -0.25) is 9.78 Å². The van der Waals surface area contributed by atoms with Gasteiger partial charge in [-0.05, 0) is 73.0 Å². The quantitative estimate of drug-likeness (QED) is 0.351. The van der Waals surface area contributed by atoms with Crippen LogP contribution in [0.15, 0.2) is 76.7 Å². The number of pyridine rings is 1. The van der Waals surface area contributed by atoms with Crippen molar-refractivity contribution in [2.45, 2.75) is 61.5 Å². The van der Waals surface area contributed by atoms with E-state index in [4.69, 9.17) is 0 Å². The maximum atomic E-state index is 12.4. The lowest BCUT2D eigenvalue weighted by Crippen LogP contribution is -2.14. The van der Waals surface area contributed by atoms with E-state index >= 15 is 0 Å². The van der Waals surface area contributed by atoms with E-state index in [1.807, 2.05) is 74.8 Å². The molecule has 1 aliphatic rings. The predicted octanol–water partition coefficient (Wildman–Crippen LogP) is 7.49. The molecule has 0 aliphatic heterocycles. The van der Waals surface area contributed by atoms with Crippen LogP contribution in [0.25, 0.3) is 0 Å². The van der Waals surface area contributed by atoms with Gasteiger partial charge in [-0.1, -0.05) is 45.0 Å². The highest BCUT2D eigenvalue weighted by Crippen LogP contribution is 2.59. The van der Waals surface area contributed by atoms with Gasteiger partial charge < -0.3 is 5.32 Å². The van der Waals surface area contributed by atoms with Gasteiger partial charge in [-0.25, -0.2) is 0 Å². The van der Waals surface area contributed by atoms with E-state index in [1.165, 1.54) is 28.2 Å². The molecule has 2 aromatic carbocycles. The molecule has 32 heavy (non-hydrogen) atoms. The second-order valence-corrected chi connectivity index (χ2v) is 10.4. The SMILES string of the molecule is CC.CCSc1ccc(CC(=O)Nc2ccc(C3(Sc4ccc(C)nc4)CC3)cc2)cc1. The molecule has 1 N–H and O–H groups in total. The smallest absolute Gasteiger partial charge is 0.228 e. The summed E-state index contributed by atoms with van der Waals surface area (Å²) in [5.74, 6) is 1.07. The Morgan fingerprint density at radius 3 is 2.19 bits per heavy atom. The number of thioether (sulfide) groups is 2.